The summed E-state index contributed by atoms with van der Waals surface area (Å²) in [7, 11) is 0. The molecule has 1 rings (SSSR count). The van der Waals surface area contributed by atoms with E-state index >= 15 is 0 Å². The molecule has 82 valence electrons. The largest absolute Gasteiger partial charge is 0.443 e. The summed E-state index contributed by atoms with van der Waals surface area (Å²) in [6, 6.07) is 3.16. The Morgan fingerprint density at radius 2 is 2.07 bits per heavy atom. The molecule has 0 saturated carbocycles. The van der Waals surface area contributed by atoms with Crippen LogP contribution in [-0.4, -0.2) is 22.5 Å². The number of nitrogens with zero attached hydrogens (tertiary/aromatic N) is 1. The molecule has 0 bridgehead atoms. The Kier molecular flexibility index (Phi) is 3.34. The highest BCUT2D eigenvalue weighted by atomic mass is 79.9. The molecule has 0 aliphatic rings. The van der Waals surface area contributed by atoms with Crippen molar-refractivity contribution in [1.29, 1.82) is 0 Å². The molecular weight excluding hydrogens is 262 g/mol. The first-order valence-corrected chi connectivity index (χ1v) is 5.20. The Hall–Kier alpha value is -1.10. The predicted octanol–water partition coefficient (Wildman–Crippen LogP) is 2.85. The minimum atomic E-state index is -0.582. The SMILES string of the molecule is CC(C)(C)OC(=O)n1c(Br)ccc1C=O. The highest BCUT2D eigenvalue weighted by molar-refractivity contribution is 9.10. The zero-order chi connectivity index (χ0) is 11.6. The molecule has 15 heavy (non-hydrogen) atoms. The van der Waals surface area contributed by atoms with Gasteiger partial charge < -0.3 is 4.74 Å². The van der Waals surface area contributed by atoms with Gasteiger partial charge in [0.15, 0.2) is 6.29 Å². The zero-order valence-corrected chi connectivity index (χ0v) is 10.4. The van der Waals surface area contributed by atoms with E-state index < -0.39 is 11.7 Å². The second-order valence-corrected chi connectivity index (χ2v) is 4.83. The fraction of sp³-hybridized carbons (Fsp3) is 0.400. The van der Waals surface area contributed by atoms with Gasteiger partial charge in [-0.25, -0.2) is 9.36 Å². The van der Waals surface area contributed by atoms with E-state index in [2.05, 4.69) is 15.9 Å². The monoisotopic (exact) mass is 273 g/mol. The quantitative estimate of drug-likeness (QED) is 0.740. The normalized spacial score (nSPS) is 11.2. The number of aromatic nitrogens is 1. The van der Waals surface area contributed by atoms with E-state index in [1.165, 1.54) is 4.57 Å². The van der Waals surface area contributed by atoms with Crippen molar-refractivity contribution >= 4 is 28.3 Å². The van der Waals surface area contributed by atoms with Gasteiger partial charge in [-0.2, -0.15) is 0 Å². The van der Waals surface area contributed by atoms with E-state index in [0.29, 0.717) is 10.9 Å². The second-order valence-electron chi connectivity index (χ2n) is 4.01. The number of aldehydes is 1. The van der Waals surface area contributed by atoms with Crippen LogP contribution in [0.5, 0.6) is 0 Å². The summed E-state index contributed by atoms with van der Waals surface area (Å²) < 4.78 is 6.82. The Bertz CT molecular complexity index is 390. The smallest absolute Gasteiger partial charge is 0.420 e. The molecule has 1 aromatic rings. The molecule has 0 aromatic carbocycles. The van der Waals surface area contributed by atoms with E-state index in [9.17, 15) is 9.59 Å². The van der Waals surface area contributed by atoms with Crippen LogP contribution in [0.15, 0.2) is 16.7 Å². The summed E-state index contributed by atoms with van der Waals surface area (Å²) in [6.45, 7) is 5.30. The molecule has 1 heterocycles. The number of carbonyl (C=O) groups is 2. The van der Waals surface area contributed by atoms with Gasteiger partial charge >= 0.3 is 6.09 Å². The lowest BCUT2D eigenvalue weighted by Gasteiger charge is -2.20. The van der Waals surface area contributed by atoms with Crippen molar-refractivity contribution in [2.75, 3.05) is 0 Å². The van der Waals surface area contributed by atoms with Gasteiger partial charge in [0.1, 0.15) is 5.60 Å². The van der Waals surface area contributed by atoms with Crippen LogP contribution in [0, 0.1) is 0 Å². The maximum Gasteiger partial charge on any atom is 0.420 e. The van der Waals surface area contributed by atoms with Crippen molar-refractivity contribution in [2.45, 2.75) is 26.4 Å². The predicted molar refractivity (Wildman–Crippen MR) is 59.2 cm³/mol. The van der Waals surface area contributed by atoms with Gasteiger partial charge in [0.25, 0.3) is 0 Å². The second kappa shape index (κ2) is 4.18. The molecule has 4 nitrogen and oxygen atoms in total. The summed E-state index contributed by atoms with van der Waals surface area (Å²) in [4.78, 5) is 22.3. The third-order valence-electron chi connectivity index (χ3n) is 1.56. The van der Waals surface area contributed by atoms with Crippen LogP contribution < -0.4 is 0 Å². The van der Waals surface area contributed by atoms with Gasteiger partial charge in [-0.1, -0.05) is 0 Å². The number of hydrogen-bond acceptors (Lipinski definition) is 3. The van der Waals surface area contributed by atoms with Crippen LogP contribution in [0.25, 0.3) is 0 Å². The fourth-order valence-corrected chi connectivity index (χ4v) is 1.50. The van der Waals surface area contributed by atoms with Gasteiger partial charge in [0, 0.05) is 0 Å². The van der Waals surface area contributed by atoms with Crippen molar-refractivity contribution in [1.82, 2.24) is 4.57 Å². The molecule has 5 heteroatoms. The molecule has 0 N–H and O–H groups in total. The Morgan fingerprint density at radius 1 is 1.47 bits per heavy atom. The standard InChI is InChI=1S/C10H12BrNO3/c1-10(2,3)15-9(14)12-7(6-13)4-5-8(12)11/h4-6H,1-3H3. The number of hydrogen-bond donors (Lipinski definition) is 0. The summed E-state index contributed by atoms with van der Waals surface area (Å²) in [5.74, 6) is 0. The van der Waals surface area contributed by atoms with Gasteiger partial charge in [-0.3, -0.25) is 4.79 Å². The average Bonchev–Trinajstić information content (AvgIpc) is 2.43. The van der Waals surface area contributed by atoms with Crippen LogP contribution in [0.2, 0.25) is 0 Å². The molecule has 0 saturated heterocycles. The number of rotatable bonds is 1. The Morgan fingerprint density at radius 3 is 2.53 bits per heavy atom. The number of carbonyl (C=O) groups excluding carboxylic acids is 2. The lowest BCUT2D eigenvalue weighted by Crippen LogP contribution is -2.28. The summed E-state index contributed by atoms with van der Waals surface area (Å²) in [5.41, 5.74) is -0.322. The van der Waals surface area contributed by atoms with E-state index in [1.807, 2.05) is 0 Å². The van der Waals surface area contributed by atoms with Crippen molar-refractivity contribution in [3.8, 4) is 0 Å². The third-order valence-corrected chi connectivity index (χ3v) is 2.18. The maximum absolute atomic E-state index is 11.7. The van der Waals surface area contributed by atoms with Crippen molar-refractivity contribution in [3.05, 3.63) is 22.4 Å². The highest BCUT2D eigenvalue weighted by Gasteiger charge is 2.21. The lowest BCUT2D eigenvalue weighted by atomic mass is 10.2. The van der Waals surface area contributed by atoms with Crippen LogP contribution in [0.1, 0.15) is 31.3 Å². The highest BCUT2D eigenvalue weighted by Crippen LogP contribution is 2.17. The molecule has 0 aliphatic heterocycles. The van der Waals surface area contributed by atoms with E-state index in [1.54, 1.807) is 32.9 Å². The van der Waals surface area contributed by atoms with Crippen molar-refractivity contribution < 1.29 is 14.3 Å². The maximum atomic E-state index is 11.7. The van der Waals surface area contributed by atoms with Crippen molar-refractivity contribution in [2.24, 2.45) is 0 Å². The first kappa shape index (κ1) is 12.0. The molecule has 1 aromatic heterocycles. The van der Waals surface area contributed by atoms with Crippen LogP contribution in [0.4, 0.5) is 4.79 Å². The van der Waals surface area contributed by atoms with Gasteiger partial charge in [0.2, 0.25) is 0 Å². The molecule has 0 atom stereocenters. The number of ether oxygens (including phenoxy) is 1. The molecule has 0 amide bonds. The molecular formula is C10H12BrNO3. The van der Waals surface area contributed by atoms with Crippen LogP contribution in [0.3, 0.4) is 0 Å². The minimum Gasteiger partial charge on any atom is -0.443 e. The Labute approximate surface area is 96.3 Å². The zero-order valence-electron chi connectivity index (χ0n) is 8.78. The molecule has 0 radical (unpaired) electrons. The summed E-state index contributed by atoms with van der Waals surface area (Å²) in [6.07, 6.45) is 0.0378. The minimum absolute atomic E-state index is 0.260. The van der Waals surface area contributed by atoms with Crippen molar-refractivity contribution in [3.63, 3.8) is 0 Å². The lowest BCUT2D eigenvalue weighted by molar-refractivity contribution is 0.0528. The average molecular weight is 274 g/mol. The summed E-state index contributed by atoms with van der Waals surface area (Å²) in [5, 5.41) is 0. The molecule has 0 fully saturated rings. The molecule has 0 unspecified atom stereocenters. The van der Waals surface area contributed by atoms with E-state index in [-0.39, 0.29) is 5.69 Å². The molecule has 0 aliphatic carbocycles. The first-order chi connectivity index (χ1) is 6.85. The third kappa shape index (κ3) is 2.92. The van der Waals surface area contributed by atoms with Crippen LogP contribution >= 0.6 is 15.9 Å². The van der Waals surface area contributed by atoms with E-state index in [0.717, 1.165) is 0 Å². The van der Waals surface area contributed by atoms with E-state index in [4.69, 9.17) is 4.74 Å². The fourth-order valence-electron chi connectivity index (χ4n) is 1.02. The van der Waals surface area contributed by atoms with Crippen LogP contribution in [-0.2, 0) is 4.74 Å². The topological polar surface area (TPSA) is 48.3 Å². The Balaban J connectivity index is 3.00. The number of halogens is 1. The van der Waals surface area contributed by atoms with Gasteiger partial charge in [0.05, 0.1) is 10.3 Å². The van der Waals surface area contributed by atoms with Gasteiger partial charge in [-0.15, -0.1) is 0 Å². The molecule has 0 spiro atoms. The first-order valence-electron chi connectivity index (χ1n) is 4.41. The summed E-state index contributed by atoms with van der Waals surface area (Å²) >= 11 is 3.17. The van der Waals surface area contributed by atoms with Gasteiger partial charge in [-0.05, 0) is 48.8 Å².